The Hall–Kier alpha value is -0.890. The summed E-state index contributed by atoms with van der Waals surface area (Å²) < 4.78 is 13.3. The Balaban J connectivity index is 0.00000225. The first kappa shape index (κ1) is 20.4. The van der Waals surface area contributed by atoms with E-state index in [2.05, 4.69) is 17.1 Å². The molecule has 1 atom stereocenters. The van der Waals surface area contributed by atoms with Gasteiger partial charge in [0.1, 0.15) is 5.82 Å². The quantitative estimate of drug-likeness (QED) is 0.411. The fourth-order valence-corrected chi connectivity index (χ4v) is 3.98. The van der Waals surface area contributed by atoms with E-state index in [0.29, 0.717) is 13.1 Å². The number of β-amino-alcohol motifs (C(OH)–C–C–N with tert-alkyl or cyclic N) is 1. The Morgan fingerprint density at radius 2 is 2.00 bits per heavy atom. The van der Waals surface area contributed by atoms with Gasteiger partial charge in [-0.2, -0.15) is 0 Å². The minimum atomic E-state index is -0.258. The predicted molar refractivity (Wildman–Crippen MR) is 110 cm³/mol. The second-order valence-electron chi connectivity index (χ2n) is 7.05. The fourth-order valence-electron chi connectivity index (χ4n) is 3.98. The molecule has 3 rings (SSSR count). The molecule has 6 heteroatoms. The molecule has 4 nitrogen and oxygen atoms in total. The molecule has 0 unspecified atom stereocenters. The molecule has 0 amide bonds. The number of likely N-dealkylation sites (tertiary alicyclic amines) is 1. The maximum Gasteiger partial charge on any atom is 0.194 e. The van der Waals surface area contributed by atoms with Gasteiger partial charge in [0.2, 0.25) is 0 Å². The molecular weight excluding hydrogens is 432 g/mol. The Morgan fingerprint density at radius 1 is 1.32 bits per heavy atom. The van der Waals surface area contributed by atoms with E-state index in [1.807, 2.05) is 12.1 Å². The molecule has 0 spiro atoms. The van der Waals surface area contributed by atoms with Crippen molar-refractivity contribution in [3.8, 4) is 0 Å². The lowest BCUT2D eigenvalue weighted by molar-refractivity contribution is 0.187. The van der Waals surface area contributed by atoms with Crippen LogP contribution in [0.2, 0.25) is 0 Å². The SMILES string of the molecule is CCNC(=NCC1(c2ccc(F)cc2)CCCC1)N1CC[C@@H](O)C1.I. The zero-order valence-electron chi connectivity index (χ0n) is 14.9. The van der Waals surface area contributed by atoms with E-state index in [4.69, 9.17) is 4.99 Å². The third-order valence-corrected chi connectivity index (χ3v) is 5.35. The maximum atomic E-state index is 13.3. The largest absolute Gasteiger partial charge is 0.391 e. The smallest absolute Gasteiger partial charge is 0.194 e. The van der Waals surface area contributed by atoms with Crippen LogP contribution in [0.4, 0.5) is 4.39 Å². The summed E-state index contributed by atoms with van der Waals surface area (Å²) in [4.78, 5) is 7.05. The minimum absolute atomic E-state index is 0. The number of halogens is 2. The first-order chi connectivity index (χ1) is 11.6. The highest BCUT2D eigenvalue weighted by molar-refractivity contribution is 14.0. The highest BCUT2D eigenvalue weighted by Crippen LogP contribution is 2.41. The number of guanidine groups is 1. The molecule has 140 valence electrons. The Bertz CT molecular complexity index is 573. The van der Waals surface area contributed by atoms with Gasteiger partial charge in [0.05, 0.1) is 12.6 Å². The molecule has 1 aromatic rings. The lowest BCUT2D eigenvalue weighted by Gasteiger charge is -2.29. The molecule has 2 N–H and O–H groups in total. The van der Waals surface area contributed by atoms with E-state index in [9.17, 15) is 9.50 Å². The molecule has 1 aliphatic carbocycles. The third-order valence-electron chi connectivity index (χ3n) is 5.35. The molecule has 1 heterocycles. The van der Waals surface area contributed by atoms with E-state index in [1.165, 1.54) is 18.4 Å². The van der Waals surface area contributed by atoms with E-state index in [-0.39, 0.29) is 41.3 Å². The topological polar surface area (TPSA) is 47.9 Å². The van der Waals surface area contributed by atoms with Crippen LogP contribution in [0, 0.1) is 5.82 Å². The van der Waals surface area contributed by atoms with Crippen molar-refractivity contribution in [3.05, 3.63) is 35.6 Å². The Labute approximate surface area is 166 Å². The predicted octanol–water partition coefficient (Wildman–Crippen LogP) is 3.29. The Kier molecular flexibility index (Phi) is 7.49. The van der Waals surface area contributed by atoms with Crippen LogP contribution in [0.15, 0.2) is 29.3 Å². The third kappa shape index (κ3) is 4.84. The Morgan fingerprint density at radius 3 is 2.56 bits per heavy atom. The summed E-state index contributed by atoms with van der Waals surface area (Å²) in [6.45, 7) is 5.09. The van der Waals surface area contributed by atoms with Crippen molar-refractivity contribution in [2.24, 2.45) is 4.99 Å². The van der Waals surface area contributed by atoms with Crippen molar-refractivity contribution in [3.63, 3.8) is 0 Å². The molecule has 1 aliphatic heterocycles. The van der Waals surface area contributed by atoms with Gasteiger partial charge >= 0.3 is 0 Å². The van der Waals surface area contributed by atoms with Gasteiger partial charge in [0.25, 0.3) is 0 Å². The zero-order valence-corrected chi connectivity index (χ0v) is 17.2. The van der Waals surface area contributed by atoms with Crippen molar-refractivity contribution >= 4 is 29.9 Å². The van der Waals surface area contributed by atoms with Crippen molar-refractivity contribution in [1.82, 2.24) is 10.2 Å². The summed E-state index contributed by atoms with van der Waals surface area (Å²) in [7, 11) is 0. The molecule has 0 radical (unpaired) electrons. The summed E-state index contributed by atoms with van der Waals surface area (Å²) in [5.41, 5.74) is 1.22. The first-order valence-electron chi connectivity index (χ1n) is 9.10. The van der Waals surface area contributed by atoms with E-state index in [0.717, 1.165) is 38.3 Å². The number of nitrogens with zero attached hydrogens (tertiary/aromatic N) is 2. The van der Waals surface area contributed by atoms with Gasteiger partial charge in [-0.15, -0.1) is 24.0 Å². The summed E-state index contributed by atoms with van der Waals surface area (Å²) in [5.74, 6) is 0.706. The number of aliphatic hydroxyl groups excluding tert-OH is 1. The number of aliphatic imine (C=N–C) groups is 1. The second kappa shape index (κ2) is 9.16. The molecule has 0 bridgehead atoms. The van der Waals surface area contributed by atoms with Crippen molar-refractivity contribution in [1.29, 1.82) is 0 Å². The van der Waals surface area contributed by atoms with Crippen LogP contribution in [0.3, 0.4) is 0 Å². The molecule has 1 saturated carbocycles. The van der Waals surface area contributed by atoms with Gasteiger partial charge in [-0.3, -0.25) is 4.99 Å². The van der Waals surface area contributed by atoms with Crippen LogP contribution in [0.1, 0.15) is 44.6 Å². The molecule has 2 fully saturated rings. The van der Waals surface area contributed by atoms with Crippen LogP contribution in [-0.4, -0.2) is 48.2 Å². The van der Waals surface area contributed by atoms with E-state index < -0.39 is 0 Å². The number of hydrogen-bond acceptors (Lipinski definition) is 2. The second-order valence-corrected chi connectivity index (χ2v) is 7.05. The van der Waals surface area contributed by atoms with Crippen LogP contribution < -0.4 is 5.32 Å². The van der Waals surface area contributed by atoms with E-state index in [1.54, 1.807) is 12.1 Å². The van der Waals surface area contributed by atoms with Gasteiger partial charge in [-0.05, 0) is 43.9 Å². The van der Waals surface area contributed by atoms with Crippen molar-refractivity contribution in [2.45, 2.75) is 50.5 Å². The van der Waals surface area contributed by atoms with Crippen molar-refractivity contribution in [2.75, 3.05) is 26.2 Å². The van der Waals surface area contributed by atoms with Gasteiger partial charge in [-0.1, -0.05) is 25.0 Å². The summed E-state index contributed by atoms with van der Waals surface area (Å²) in [6, 6.07) is 6.95. The number of benzene rings is 1. The monoisotopic (exact) mass is 461 g/mol. The standard InChI is InChI=1S/C19H28FN3O.HI/c1-2-21-18(23-12-9-17(24)13-23)22-14-19(10-3-4-11-19)15-5-7-16(20)8-6-15;/h5-8,17,24H,2-4,9-14H2,1H3,(H,21,22);1H/t17-;/m1./s1. The first-order valence-corrected chi connectivity index (χ1v) is 9.10. The van der Waals surface area contributed by atoms with Crippen LogP contribution >= 0.6 is 24.0 Å². The molecule has 2 aliphatic rings. The molecule has 0 aromatic heterocycles. The molecule has 1 saturated heterocycles. The number of hydrogen-bond donors (Lipinski definition) is 2. The van der Waals surface area contributed by atoms with Gasteiger partial charge in [-0.25, -0.2) is 4.39 Å². The molecular formula is C19H29FIN3O. The number of rotatable bonds is 4. The van der Waals surface area contributed by atoms with Crippen LogP contribution in [0.25, 0.3) is 0 Å². The highest BCUT2D eigenvalue weighted by Gasteiger charge is 2.36. The van der Waals surface area contributed by atoms with Gasteiger partial charge in [0, 0.05) is 25.0 Å². The van der Waals surface area contributed by atoms with Crippen LogP contribution in [0.5, 0.6) is 0 Å². The van der Waals surface area contributed by atoms with Crippen molar-refractivity contribution < 1.29 is 9.50 Å². The van der Waals surface area contributed by atoms with Crippen LogP contribution in [-0.2, 0) is 5.41 Å². The molecule has 25 heavy (non-hydrogen) atoms. The fraction of sp³-hybridized carbons (Fsp3) is 0.632. The van der Waals surface area contributed by atoms with Gasteiger partial charge in [0.15, 0.2) is 5.96 Å². The van der Waals surface area contributed by atoms with E-state index >= 15 is 0 Å². The average molecular weight is 461 g/mol. The number of nitrogens with one attached hydrogen (secondary N) is 1. The lowest BCUT2D eigenvalue weighted by Crippen LogP contribution is -2.41. The summed E-state index contributed by atoms with van der Waals surface area (Å²) >= 11 is 0. The van der Waals surface area contributed by atoms with Gasteiger partial charge < -0.3 is 15.3 Å². The normalized spacial score (nSPS) is 22.8. The molecule has 1 aromatic carbocycles. The minimum Gasteiger partial charge on any atom is -0.391 e. The number of aliphatic hydroxyl groups is 1. The zero-order chi connectivity index (χ0) is 17.0. The summed E-state index contributed by atoms with van der Waals surface area (Å²) in [5, 5.41) is 13.1. The summed E-state index contributed by atoms with van der Waals surface area (Å²) in [6.07, 6.45) is 5.14. The lowest BCUT2D eigenvalue weighted by atomic mass is 9.79. The average Bonchev–Trinajstić information content (AvgIpc) is 3.22. The maximum absolute atomic E-state index is 13.3. The highest BCUT2D eigenvalue weighted by atomic mass is 127.